The van der Waals surface area contributed by atoms with Crippen LogP contribution in [0.15, 0.2) is 35.5 Å². The summed E-state index contributed by atoms with van der Waals surface area (Å²) in [4.78, 5) is 9.05. The number of benzene rings is 1. The summed E-state index contributed by atoms with van der Waals surface area (Å²) in [7, 11) is 0. The number of hydrogen-bond donors (Lipinski definition) is 2. The van der Waals surface area contributed by atoms with Gasteiger partial charge < -0.3 is 15.5 Å². The van der Waals surface area contributed by atoms with Gasteiger partial charge in [0.1, 0.15) is 0 Å². The Bertz CT molecular complexity index is 707. The summed E-state index contributed by atoms with van der Waals surface area (Å²) in [5, 5.41) is 7.77. The summed E-state index contributed by atoms with van der Waals surface area (Å²) in [6.07, 6.45) is 3.84. The highest BCUT2D eigenvalue weighted by molar-refractivity contribution is 14.0. The van der Waals surface area contributed by atoms with Gasteiger partial charge in [0.2, 0.25) is 0 Å². The number of hydrogen-bond acceptors (Lipinski definition) is 3. The van der Waals surface area contributed by atoms with Gasteiger partial charge in [-0.15, -0.1) is 24.0 Å². The standard InChI is InChI=1S/C18H25ClN6.HI/c1-14-15(13-22-23-14)3-2-8-21-18(20)25-11-9-24(10-12-25)17-6-4-16(19)5-7-17;/h4-7,13H,2-3,8-12H2,1H3,(H2,20,21)(H,22,23);1H. The van der Waals surface area contributed by atoms with Gasteiger partial charge in [0.15, 0.2) is 5.96 Å². The van der Waals surface area contributed by atoms with E-state index in [9.17, 15) is 0 Å². The van der Waals surface area contributed by atoms with E-state index in [1.807, 2.05) is 25.3 Å². The van der Waals surface area contributed by atoms with Crippen LogP contribution in [0.2, 0.25) is 5.02 Å². The van der Waals surface area contributed by atoms with Crippen LogP contribution in [-0.4, -0.2) is 53.8 Å². The molecular weight excluding hydrogens is 463 g/mol. The van der Waals surface area contributed by atoms with Crippen LogP contribution in [0.5, 0.6) is 0 Å². The summed E-state index contributed by atoms with van der Waals surface area (Å²) in [5.74, 6) is 0.652. The van der Waals surface area contributed by atoms with Gasteiger partial charge in [0.05, 0.1) is 6.20 Å². The van der Waals surface area contributed by atoms with Gasteiger partial charge in [0.25, 0.3) is 0 Å². The maximum atomic E-state index is 6.16. The molecule has 1 saturated heterocycles. The molecule has 0 unspecified atom stereocenters. The van der Waals surface area contributed by atoms with Gasteiger partial charge >= 0.3 is 0 Å². The van der Waals surface area contributed by atoms with Crippen molar-refractivity contribution in [3.05, 3.63) is 46.7 Å². The second kappa shape index (κ2) is 10.0. The highest BCUT2D eigenvalue weighted by atomic mass is 127. The molecular formula is C18H26ClIN6. The predicted molar refractivity (Wildman–Crippen MR) is 119 cm³/mol. The van der Waals surface area contributed by atoms with Gasteiger partial charge in [-0.05, 0) is 49.6 Å². The number of aliphatic imine (C=N–C) groups is 1. The molecule has 142 valence electrons. The van der Waals surface area contributed by atoms with Crippen molar-refractivity contribution in [3.8, 4) is 0 Å². The topological polar surface area (TPSA) is 73.5 Å². The molecule has 0 radical (unpaired) electrons. The summed E-state index contributed by atoms with van der Waals surface area (Å²) in [6, 6.07) is 7.99. The van der Waals surface area contributed by atoms with Crippen LogP contribution < -0.4 is 10.6 Å². The van der Waals surface area contributed by atoms with Gasteiger partial charge in [-0.2, -0.15) is 5.10 Å². The molecule has 0 saturated carbocycles. The van der Waals surface area contributed by atoms with E-state index in [4.69, 9.17) is 17.3 Å². The number of rotatable bonds is 5. The molecule has 8 heteroatoms. The fourth-order valence-corrected chi connectivity index (χ4v) is 3.16. The average Bonchev–Trinajstić information content (AvgIpc) is 3.04. The van der Waals surface area contributed by atoms with Crippen molar-refractivity contribution in [2.75, 3.05) is 37.6 Å². The molecule has 1 aromatic heterocycles. The van der Waals surface area contributed by atoms with E-state index < -0.39 is 0 Å². The van der Waals surface area contributed by atoms with Crippen LogP contribution in [-0.2, 0) is 6.42 Å². The first-order chi connectivity index (χ1) is 12.1. The van der Waals surface area contributed by atoms with Crippen LogP contribution in [0.25, 0.3) is 0 Å². The number of nitrogens with two attached hydrogens (primary N) is 1. The third kappa shape index (κ3) is 5.51. The number of aromatic nitrogens is 2. The maximum absolute atomic E-state index is 6.16. The minimum Gasteiger partial charge on any atom is -0.370 e. The molecule has 1 aliphatic rings. The fraction of sp³-hybridized carbons (Fsp3) is 0.444. The van der Waals surface area contributed by atoms with Crippen molar-refractivity contribution in [2.24, 2.45) is 10.7 Å². The Morgan fingerprint density at radius 3 is 2.54 bits per heavy atom. The number of aromatic amines is 1. The quantitative estimate of drug-likeness (QED) is 0.294. The number of nitrogens with one attached hydrogen (secondary N) is 1. The van der Waals surface area contributed by atoms with Crippen molar-refractivity contribution in [1.29, 1.82) is 0 Å². The second-order valence-electron chi connectivity index (χ2n) is 6.31. The first-order valence-corrected chi connectivity index (χ1v) is 9.05. The van der Waals surface area contributed by atoms with E-state index in [1.165, 1.54) is 11.3 Å². The minimum atomic E-state index is 0. The molecule has 0 aliphatic carbocycles. The number of halogens is 2. The van der Waals surface area contributed by atoms with E-state index in [0.717, 1.165) is 56.3 Å². The SMILES string of the molecule is Cc1[nH]ncc1CCCN=C(N)N1CCN(c2ccc(Cl)cc2)CC1.I. The molecule has 1 fully saturated rings. The van der Waals surface area contributed by atoms with Gasteiger partial charge in [-0.1, -0.05) is 11.6 Å². The Morgan fingerprint density at radius 1 is 1.23 bits per heavy atom. The number of piperazine rings is 1. The van der Waals surface area contributed by atoms with Crippen LogP contribution in [0, 0.1) is 6.92 Å². The average molecular weight is 489 g/mol. The molecule has 1 aliphatic heterocycles. The Hall–Kier alpha value is -1.48. The normalized spacial score (nSPS) is 15.1. The van der Waals surface area contributed by atoms with Gasteiger partial charge in [-0.3, -0.25) is 10.1 Å². The fourth-order valence-electron chi connectivity index (χ4n) is 3.04. The lowest BCUT2D eigenvalue weighted by Crippen LogP contribution is -2.51. The molecule has 2 heterocycles. The van der Waals surface area contributed by atoms with Crippen LogP contribution in [0.4, 0.5) is 5.69 Å². The van der Waals surface area contributed by atoms with E-state index >= 15 is 0 Å². The van der Waals surface area contributed by atoms with E-state index in [1.54, 1.807) is 0 Å². The number of H-pyrrole nitrogens is 1. The lowest BCUT2D eigenvalue weighted by atomic mass is 10.1. The summed E-state index contributed by atoms with van der Waals surface area (Å²) in [5.41, 5.74) is 9.76. The lowest BCUT2D eigenvalue weighted by molar-refractivity contribution is 0.380. The van der Waals surface area contributed by atoms with E-state index in [-0.39, 0.29) is 24.0 Å². The zero-order chi connectivity index (χ0) is 17.6. The second-order valence-corrected chi connectivity index (χ2v) is 6.75. The third-order valence-electron chi connectivity index (χ3n) is 4.61. The molecule has 0 amide bonds. The summed E-state index contributed by atoms with van der Waals surface area (Å²) < 4.78 is 0. The maximum Gasteiger partial charge on any atom is 0.191 e. The molecule has 0 spiro atoms. The van der Waals surface area contributed by atoms with Crippen LogP contribution in [0.3, 0.4) is 0 Å². The molecule has 0 bridgehead atoms. The predicted octanol–water partition coefficient (Wildman–Crippen LogP) is 3.06. The molecule has 3 N–H and O–H groups in total. The van der Waals surface area contributed by atoms with Crippen molar-refractivity contribution in [2.45, 2.75) is 19.8 Å². The Kier molecular flexibility index (Phi) is 8.02. The highest BCUT2D eigenvalue weighted by Gasteiger charge is 2.18. The Labute approximate surface area is 176 Å². The minimum absolute atomic E-state index is 0. The summed E-state index contributed by atoms with van der Waals surface area (Å²) >= 11 is 5.95. The number of aryl methyl sites for hydroxylation is 2. The monoisotopic (exact) mass is 488 g/mol. The largest absolute Gasteiger partial charge is 0.370 e. The van der Waals surface area contributed by atoms with E-state index in [0.29, 0.717) is 5.96 Å². The van der Waals surface area contributed by atoms with Crippen molar-refractivity contribution >= 4 is 47.2 Å². The number of guanidine groups is 1. The van der Waals surface area contributed by atoms with E-state index in [2.05, 4.69) is 37.1 Å². The van der Waals surface area contributed by atoms with Crippen LogP contribution in [0.1, 0.15) is 17.7 Å². The Balaban J connectivity index is 0.00000243. The van der Waals surface area contributed by atoms with Gasteiger partial charge in [-0.25, -0.2) is 0 Å². The van der Waals surface area contributed by atoms with Crippen molar-refractivity contribution in [3.63, 3.8) is 0 Å². The highest BCUT2D eigenvalue weighted by Crippen LogP contribution is 2.19. The first-order valence-electron chi connectivity index (χ1n) is 8.68. The summed E-state index contributed by atoms with van der Waals surface area (Å²) in [6.45, 7) is 6.43. The Morgan fingerprint density at radius 2 is 1.92 bits per heavy atom. The lowest BCUT2D eigenvalue weighted by Gasteiger charge is -2.36. The van der Waals surface area contributed by atoms with Gasteiger partial charge in [0, 0.05) is 49.1 Å². The molecule has 26 heavy (non-hydrogen) atoms. The third-order valence-corrected chi connectivity index (χ3v) is 4.86. The number of nitrogens with zero attached hydrogens (tertiary/aromatic N) is 4. The first kappa shape index (κ1) is 20.8. The number of anilines is 1. The zero-order valence-electron chi connectivity index (χ0n) is 15.0. The van der Waals surface area contributed by atoms with Crippen molar-refractivity contribution in [1.82, 2.24) is 15.1 Å². The molecule has 3 rings (SSSR count). The smallest absolute Gasteiger partial charge is 0.191 e. The van der Waals surface area contributed by atoms with Crippen LogP contribution >= 0.6 is 35.6 Å². The molecule has 6 nitrogen and oxygen atoms in total. The molecule has 1 aromatic carbocycles. The molecule has 2 aromatic rings. The van der Waals surface area contributed by atoms with Crippen molar-refractivity contribution < 1.29 is 0 Å². The molecule has 0 atom stereocenters. The zero-order valence-corrected chi connectivity index (χ0v) is 18.1.